The van der Waals surface area contributed by atoms with Crippen LogP contribution >= 0.6 is 12.4 Å². The molecule has 134 valence electrons. The van der Waals surface area contributed by atoms with Gasteiger partial charge in [-0.1, -0.05) is 6.42 Å². The lowest BCUT2D eigenvalue weighted by Gasteiger charge is -2.30. The maximum Gasteiger partial charge on any atom is 0.225 e. The highest BCUT2D eigenvalue weighted by Crippen LogP contribution is 2.49. The van der Waals surface area contributed by atoms with Crippen LogP contribution in [0.25, 0.3) is 0 Å². The Hall–Kier alpha value is -1.07. The summed E-state index contributed by atoms with van der Waals surface area (Å²) in [4.78, 5) is 12.8. The van der Waals surface area contributed by atoms with E-state index in [-0.39, 0.29) is 30.2 Å². The van der Waals surface area contributed by atoms with Crippen molar-refractivity contribution in [2.45, 2.75) is 44.6 Å². The number of fused-ring (bicyclic) bond motifs is 2. The smallest absolute Gasteiger partial charge is 0.225 e. The van der Waals surface area contributed by atoms with Crippen LogP contribution < -0.4 is 10.6 Å². The summed E-state index contributed by atoms with van der Waals surface area (Å²) in [5.41, 5.74) is 1.17. The van der Waals surface area contributed by atoms with Crippen LogP contribution in [0.2, 0.25) is 0 Å². The first-order chi connectivity index (χ1) is 11.1. The van der Waals surface area contributed by atoms with E-state index < -0.39 is 0 Å². The minimum absolute atomic E-state index is 0. The maximum absolute atomic E-state index is 12.8. The molecule has 2 bridgehead atoms. The number of aryl methyl sites for hydroxylation is 1. The second-order valence-electron chi connectivity index (χ2n) is 7.95. The first-order valence-corrected chi connectivity index (χ1v) is 9.11. The summed E-state index contributed by atoms with van der Waals surface area (Å²) in [6.45, 7) is 3.85. The number of halogens is 1. The van der Waals surface area contributed by atoms with Crippen molar-refractivity contribution in [1.29, 1.82) is 0 Å². The summed E-state index contributed by atoms with van der Waals surface area (Å²) in [6.07, 6.45) is 9.44. The van der Waals surface area contributed by atoms with Gasteiger partial charge in [0.2, 0.25) is 5.91 Å². The van der Waals surface area contributed by atoms with E-state index in [0.717, 1.165) is 24.9 Å². The van der Waals surface area contributed by atoms with Crippen LogP contribution in [0.1, 0.15) is 44.1 Å². The SMILES string of the molecule is CC(NC(=O)[C@H]1CNC[C@@H]1c1cnn(C)c1)C1CC2CCC1C2.Cl. The van der Waals surface area contributed by atoms with Crippen LogP contribution in [0.4, 0.5) is 0 Å². The molecule has 2 N–H and O–H groups in total. The van der Waals surface area contributed by atoms with E-state index in [4.69, 9.17) is 0 Å². The highest BCUT2D eigenvalue weighted by molar-refractivity contribution is 5.85. The lowest BCUT2D eigenvalue weighted by molar-refractivity contribution is -0.125. The van der Waals surface area contributed by atoms with Crippen LogP contribution in [0.3, 0.4) is 0 Å². The summed E-state index contributed by atoms with van der Waals surface area (Å²) < 4.78 is 1.82. The van der Waals surface area contributed by atoms with Gasteiger partial charge in [0.25, 0.3) is 0 Å². The third-order valence-electron chi connectivity index (χ3n) is 6.51. The van der Waals surface area contributed by atoms with Crippen molar-refractivity contribution in [2.24, 2.45) is 30.7 Å². The van der Waals surface area contributed by atoms with Gasteiger partial charge in [0.05, 0.1) is 12.1 Å². The number of amides is 1. The van der Waals surface area contributed by atoms with Gasteiger partial charge >= 0.3 is 0 Å². The largest absolute Gasteiger partial charge is 0.353 e. The van der Waals surface area contributed by atoms with Crippen LogP contribution in [0.15, 0.2) is 12.4 Å². The molecule has 1 aromatic heterocycles. The van der Waals surface area contributed by atoms with Crippen LogP contribution in [0.5, 0.6) is 0 Å². The summed E-state index contributed by atoms with van der Waals surface area (Å²) in [5.74, 6) is 2.98. The standard InChI is InChI=1S/C18H28N4O.ClH/c1-11(15-6-12-3-4-13(15)5-12)21-18(23)17-9-19-8-16(17)14-7-20-22(2)10-14;/h7,10-13,15-17,19H,3-6,8-9H2,1-2H3,(H,21,23);1H/t11?,12?,13?,15?,16-,17+;/m1./s1. The molecule has 2 saturated carbocycles. The van der Waals surface area contributed by atoms with Crippen molar-refractivity contribution in [3.05, 3.63) is 18.0 Å². The zero-order valence-electron chi connectivity index (χ0n) is 14.6. The van der Waals surface area contributed by atoms with Crippen LogP contribution in [-0.4, -0.2) is 34.8 Å². The second-order valence-corrected chi connectivity index (χ2v) is 7.95. The fourth-order valence-electron chi connectivity index (χ4n) is 5.28. The number of hydrogen-bond donors (Lipinski definition) is 2. The third-order valence-corrected chi connectivity index (χ3v) is 6.51. The Balaban J connectivity index is 0.00000169. The molecule has 0 spiro atoms. The molecule has 4 rings (SSSR count). The molecule has 24 heavy (non-hydrogen) atoms. The molecule has 6 atom stereocenters. The molecule has 5 nitrogen and oxygen atoms in total. The lowest BCUT2D eigenvalue weighted by atomic mass is 9.83. The molecule has 3 aliphatic rings. The van der Waals surface area contributed by atoms with Crippen molar-refractivity contribution in [3.8, 4) is 0 Å². The predicted octanol–water partition coefficient (Wildman–Crippen LogP) is 2.09. The predicted molar refractivity (Wildman–Crippen MR) is 96.1 cm³/mol. The van der Waals surface area contributed by atoms with Crippen molar-refractivity contribution < 1.29 is 4.79 Å². The van der Waals surface area contributed by atoms with E-state index >= 15 is 0 Å². The van der Waals surface area contributed by atoms with Gasteiger partial charge in [-0.3, -0.25) is 9.48 Å². The van der Waals surface area contributed by atoms with Crippen LogP contribution in [0, 0.1) is 23.7 Å². The Labute approximate surface area is 150 Å². The average molecular weight is 353 g/mol. The van der Waals surface area contributed by atoms with Gasteiger partial charge in [0, 0.05) is 38.3 Å². The van der Waals surface area contributed by atoms with E-state index in [1.807, 2.05) is 24.1 Å². The van der Waals surface area contributed by atoms with Crippen molar-refractivity contribution in [3.63, 3.8) is 0 Å². The monoisotopic (exact) mass is 352 g/mol. The molecular weight excluding hydrogens is 324 g/mol. The van der Waals surface area contributed by atoms with Gasteiger partial charge in [-0.25, -0.2) is 0 Å². The molecule has 1 aromatic rings. The minimum atomic E-state index is 0. The summed E-state index contributed by atoms with van der Waals surface area (Å²) >= 11 is 0. The van der Waals surface area contributed by atoms with Crippen molar-refractivity contribution >= 4 is 18.3 Å². The number of rotatable bonds is 4. The van der Waals surface area contributed by atoms with E-state index in [9.17, 15) is 4.79 Å². The van der Waals surface area contributed by atoms with Crippen molar-refractivity contribution in [2.75, 3.05) is 13.1 Å². The fraction of sp³-hybridized carbons (Fsp3) is 0.778. The molecule has 2 heterocycles. The van der Waals surface area contributed by atoms with E-state index in [1.165, 1.54) is 31.2 Å². The molecule has 1 saturated heterocycles. The van der Waals surface area contributed by atoms with Gasteiger partial charge < -0.3 is 10.6 Å². The van der Waals surface area contributed by atoms with Gasteiger partial charge in [-0.2, -0.15) is 5.10 Å². The number of aromatic nitrogens is 2. The van der Waals surface area contributed by atoms with Gasteiger partial charge in [-0.15, -0.1) is 12.4 Å². The number of hydrogen-bond acceptors (Lipinski definition) is 3. The molecular formula is C18H29ClN4O. The number of nitrogens with zero attached hydrogens (tertiary/aromatic N) is 2. The fourth-order valence-corrected chi connectivity index (χ4v) is 5.28. The van der Waals surface area contributed by atoms with Gasteiger partial charge in [0.1, 0.15) is 0 Å². The maximum atomic E-state index is 12.8. The molecule has 0 radical (unpaired) electrons. The first-order valence-electron chi connectivity index (χ1n) is 9.11. The lowest BCUT2D eigenvalue weighted by Crippen LogP contribution is -2.44. The van der Waals surface area contributed by atoms with Crippen molar-refractivity contribution in [1.82, 2.24) is 20.4 Å². The molecule has 1 aliphatic heterocycles. The highest BCUT2D eigenvalue weighted by Gasteiger charge is 2.43. The zero-order valence-corrected chi connectivity index (χ0v) is 15.4. The third kappa shape index (κ3) is 3.21. The summed E-state index contributed by atoms with van der Waals surface area (Å²) in [5, 5.41) is 11.0. The van der Waals surface area contributed by atoms with Gasteiger partial charge in [-0.05, 0) is 49.5 Å². The molecule has 6 heteroatoms. The molecule has 4 unspecified atom stereocenters. The Morgan fingerprint density at radius 1 is 1.38 bits per heavy atom. The zero-order chi connectivity index (χ0) is 16.0. The average Bonchev–Trinajstić information content (AvgIpc) is 3.30. The van der Waals surface area contributed by atoms with Crippen LogP contribution in [-0.2, 0) is 11.8 Å². The number of carbonyl (C=O) groups is 1. The Kier molecular flexibility index (Phi) is 5.21. The van der Waals surface area contributed by atoms with Gasteiger partial charge in [0.15, 0.2) is 0 Å². The first kappa shape index (κ1) is 17.7. The second kappa shape index (κ2) is 7.04. The number of nitrogens with one attached hydrogen (secondary N) is 2. The summed E-state index contributed by atoms with van der Waals surface area (Å²) in [6, 6.07) is 0.313. The topological polar surface area (TPSA) is 59.0 Å². The number of carbonyl (C=O) groups excluding carboxylic acids is 1. The molecule has 0 aromatic carbocycles. The molecule has 3 fully saturated rings. The van der Waals surface area contributed by atoms with E-state index in [1.54, 1.807) is 0 Å². The highest BCUT2D eigenvalue weighted by atomic mass is 35.5. The quantitative estimate of drug-likeness (QED) is 0.872. The molecule has 1 amide bonds. The Bertz CT molecular complexity index is 589. The molecule has 2 aliphatic carbocycles. The minimum Gasteiger partial charge on any atom is -0.353 e. The summed E-state index contributed by atoms with van der Waals surface area (Å²) in [7, 11) is 1.93. The van der Waals surface area contributed by atoms with E-state index in [0.29, 0.717) is 12.0 Å². The normalized spacial score (nSPS) is 35.7. The Morgan fingerprint density at radius 3 is 2.83 bits per heavy atom. The Morgan fingerprint density at radius 2 is 2.21 bits per heavy atom. The van der Waals surface area contributed by atoms with E-state index in [2.05, 4.69) is 22.7 Å².